The standard InChI is InChI=1S/C19H20ClN3O3/c1-4-11(2)16(21-18(24)15-6-5-9-25-15)19-22-17(23-26-19)13-8-7-12(3)14(20)10-13/h5-11,16H,4H2,1-3H3,(H,21,24)/t11-,16+/m1/s1. The Kier molecular flexibility index (Phi) is 5.42. The summed E-state index contributed by atoms with van der Waals surface area (Å²) in [4.78, 5) is 16.8. The number of nitrogens with one attached hydrogen (secondary N) is 1. The van der Waals surface area contributed by atoms with Crippen molar-refractivity contribution >= 4 is 17.5 Å². The van der Waals surface area contributed by atoms with Crippen LogP contribution < -0.4 is 5.32 Å². The minimum absolute atomic E-state index is 0.101. The van der Waals surface area contributed by atoms with Crippen LogP contribution in [0.1, 0.15) is 48.3 Å². The SMILES string of the molecule is CC[C@@H](C)[C@H](NC(=O)c1ccco1)c1nc(-c2ccc(C)c(Cl)c2)no1. The number of hydrogen-bond acceptors (Lipinski definition) is 5. The summed E-state index contributed by atoms with van der Waals surface area (Å²) in [5.41, 5.74) is 1.73. The van der Waals surface area contributed by atoms with E-state index in [0.29, 0.717) is 16.7 Å². The first-order chi connectivity index (χ1) is 12.5. The Morgan fingerprint density at radius 3 is 2.81 bits per heavy atom. The summed E-state index contributed by atoms with van der Waals surface area (Å²) in [6.07, 6.45) is 2.29. The van der Waals surface area contributed by atoms with Crippen LogP contribution in [0.5, 0.6) is 0 Å². The van der Waals surface area contributed by atoms with Gasteiger partial charge >= 0.3 is 0 Å². The highest BCUT2D eigenvalue weighted by atomic mass is 35.5. The molecule has 0 saturated carbocycles. The van der Waals surface area contributed by atoms with E-state index in [2.05, 4.69) is 15.5 Å². The number of benzene rings is 1. The van der Waals surface area contributed by atoms with E-state index in [1.165, 1.54) is 6.26 Å². The molecule has 7 heteroatoms. The smallest absolute Gasteiger partial charge is 0.287 e. The molecule has 0 radical (unpaired) electrons. The van der Waals surface area contributed by atoms with Gasteiger partial charge in [0, 0.05) is 10.6 Å². The quantitative estimate of drug-likeness (QED) is 0.670. The number of hydrogen-bond donors (Lipinski definition) is 1. The van der Waals surface area contributed by atoms with Crippen LogP contribution in [0.4, 0.5) is 0 Å². The van der Waals surface area contributed by atoms with Crippen molar-refractivity contribution in [3.63, 3.8) is 0 Å². The molecule has 3 rings (SSSR count). The molecule has 26 heavy (non-hydrogen) atoms. The van der Waals surface area contributed by atoms with Gasteiger partial charge in [-0.15, -0.1) is 0 Å². The summed E-state index contributed by atoms with van der Waals surface area (Å²) in [7, 11) is 0. The largest absolute Gasteiger partial charge is 0.459 e. The molecule has 0 aliphatic heterocycles. The van der Waals surface area contributed by atoms with E-state index in [1.54, 1.807) is 18.2 Å². The Labute approximate surface area is 156 Å². The summed E-state index contributed by atoms with van der Waals surface area (Å²) < 4.78 is 10.6. The second kappa shape index (κ2) is 7.74. The normalized spacial score (nSPS) is 13.4. The van der Waals surface area contributed by atoms with Gasteiger partial charge in [-0.3, -0.25) is 4.79 Å². The molecule has 6 nitrogen and oxygen atoms in total. The Hall–Kier alpha value is -2.60. The number of rotatable bonds is 6. The molecule has 0 aliphatic rings. The maximum atomic E-state index is 12.4. The maximum absolute atomic E-state index is 12.4. The lowest BCUT2D eigenvalue weighted by molar-refractivity contribution is 0.0882. The highest BCUT2D eigenvalue weighted by molar-refractivity contribution is 6.31. The van der Waals surface area contributed by atoms with Crippen molar-refractivity contribution in [1.29, 1.82) is 0 Å². The van der Waals surface area contributed by atoms with Crippen molar-refractivity contribution in [1.82, 2.24) is 15.5 Å². The number of aromatic nitrogens is 2. The lowest BCUT2D eigenvalue weighted by atomic mass is 9.99. The van der Waals surface area contributed by atoms with Crippen molar-refractivity contribution in [2.24, 2.45) is 5.92 Å². The third kappa shape index (κ3) is 3.80. The number of aryl methyl sites for hydroxylation is 1. The zero-order valence-corrected chi connectivity index (χ0v) is 15.6. The second-order valence-corrected chi connectivity index (χ2v) is 6.64. The first kappa shape index (κ1) is 18.2. The van der Waals surface area contributed by atoms with Crippen LogP contribution in [0, 0.1) is 12.8 Å². The van der Waals surface area contributed by atoms with Gasteiger partial charge in [-0.1, -0.05) is 49.2 Å². The van der Waals surface area contributed by atoms with Gasteiger partial charge in [-0.05, 0) is 36.6 Å². The highest BCUT2D eigenvalue weighted by Crippen LogP contribution is 2.28. The predicted molar refractivity (Wildman–Crippen MR) is 97.9 cm³/mol. The van der Waals surface area contributed by atoms with E-state index in [0.717, 1.165) is 17.5 Å². The van der Waals surface area contributed by atoms with E-state index in [4.69, 9.17) is 20.5 Å². The Bertz CT molecular complexity index is 889. The fourth-order valence-corrected chi connectivity index (χ4v) is 2.69. The van der Waals surface area contributed by atoms with Gasteiger partial charge in [-0.25, -0.2) is 0 Å². The lowest BCUT2D eigenvalue weighted by Gasteiger charge is -2.20. The lowest BCUT2D eigenvalue weighted by Crippen LogP contribution is -2.32. The van der Waals surface area contributed by atoms with Gasteiger partial charge in [0.15, 0.2) is 5.76 Å². The van der Waals surface area contributed by atoms with Gasteiger partial charge in [0.25, 0.3) is 5.91 Å². The molecule has 0 unspecified atom stereocenters. The summed E-state index contributed by atoms with van der Waals surface area (Å²) >= 11 is 6.18. The number of carbonyl (C=O) groups excluding carboxylic acids is 1. The van der Waals surface area contributed by atoms with E-state index >= 15 is 0 Å². The van der Waals surface area contributed by atoms with Crippen molar-refractivity contribution in [3.8, 4) is 11.4 Å². The second-order valence-electron chi connectivity index (χ2n) is 6.23. The highest BCUT2D eigenvalue weighted by Gasteiger charge is 2.27. The summed E-state index contributed by atoms with van der Waals surface area (Å²) in [6.45, 7) is 5.98. The molecular formula is C19H20ClN3O3. The first-order valence-electron chi connectivity index (χ1n) is 8.44. The molecule has 3 aromatic rings. The number of furan rings is 1. The molecule has 0 spiro atoms. The third-order valence-electron chi connectivity index (χ3n) is 4.38. The number of carbonyl (C=O) groups is 1. The molecular weight excluding hydrogens is 354 g/mol. The number of halogens is 1. The van der Waals surface area contributed by atoms with Crippen LogP contribution in [0.15, 0.2) is 45.5 Å². The zero-order valence-electron chi connectivity index (χ0n) is 14.8. The van der Waals surface area contributed by atoms with Crippen LogP contribution in [-0.4, -0.2) is 16.0 Å². The molecule has 1 amide bonds. The zero-order chi connectivity index (χ0) is 18.7. The molecule has 1 N–H and O–H groups in total. The fourth-order valence-electron chi connectivity index (χ4n) is 2.51. The van der Waals surface area contributed by atoms with Gasteiger partial charge < -0.3 is 14.3 Å². The predicted octanol–water partition coefficient (Wildman–Crippen LogP) is 4.81. The number of amides is 1. The Balaban J connectivity index is 1.86. The van der Waals surface area contributed by atoms with Gasteiger partial charge in [-0.2, -0.15) is 4.98 Å². The number of nitrogens with zero attached hydrogens (tertiary/aromatic N) is 2. The molecule has 0 fully saturated rings. The first-order valence-corrected chi connectivity index (χ1v) is 8.82. The topological polar surface area (TPSA) is 81.2 Å². The van der Waals surface area contributed by atoms with Crippen molar-refractivity contribution in [2.75, 3.05) is 0 Å². The molecule has 0 saturated heterocycles. The van der Waals surface area contributed by atoms with Crippen molar-refractivity contribution in [3.05, 3.63) is 58.8 Å². The Morgan fingerprint density at radius 2 is 2.15 bits per heavy atom. The van der Waals surface area contributed by atoms with Crippen LogP contribution in [0.25, 0.3) is 11.4 Å². The summed E-state index contributed by atoms with van der Waals surface area (Å²) in [5, 5.41) is 7.60. The van der Waals surface area contributed by atoms with Gasteiger partial charge in [0.1, 0.15) is 6.04 Å². The van der Waals surface area contributed by atoms with Crippen LogP contribution in [0.2, 0.25) is 5.02 Å². The fraction of sp³-hybridized carbons (Fsp3) is 0.316. The van der Waals surface area contributed by atoms with Crippen molar-refractivity contribution in [2.45, 2.75) is 33.2 Å². The molecule has 1 aromatic carbocycles. The van der Waals surface area contributed by atoms with Crippen LogP contribution in [0.3, 0.4) is 0 Å². The maximum Gasteiger partial charge on any atom is 0.287 e. The van der Waals surface area contributed by atoms with E-state index in [9.17, 15) is 4.79 Å². The van der Waals surface area contributed by atoms with Gasteiger partial charge in [0.05, 0.1) is 6.26 Å². The molecule has 2 aromatic heterocycles. The molecule has 136 valence electrons. The van der Waals surface area contributed by atoms with E-state index in [1.807, 2.05) is 32.9 Å². The minimum atomic E-state index is -0.417. The molecule has 2 heterocycles. The van der Waals surface area contributed by atoms with Crippen LogP contribution >= 0.6 is 11.6 Å². The summed E-state index contributed by atoms with van der Waals surface area (Å²) in [5.74, 6) is 0.805. The molecule has 0 bridgehead atoms. The van der Waals surface area contributed by atoms with E-state index in [-0.39, 0.29) is 17.6 Å². The monoisotopic (exact) mass is 373 g/mol. The Morgan fingerprint density at radius 1 is 1.35 bits per heavy atom. The van der Waals surface area contributed by atoms with E-state index < -0.39 is 6.04 Å². The summed E-state index contributed by atoms with van der Waals surface area (Å²) in [6, 6.07) is 8.44. The molecule has 2 atom stereocenters. The average Bonchev–Trinajstić information content (AvgIpc) is 3.33. The molecule has 0 aliphatic carbocycles. The minimum Gasteiger partial charge on any atom is -0.459 e. The van der Waals surface area contributed by atoms with Gasteiger partial charge in [0.2, 0.25) is 11.7 Å². The average molecular weight is 374 g/mol. The van der Waals surface area contributed by atoms with Crippen LogP contribution in [-0.2, 0) is 0 Å². The van der Waals surface area contributed by atoms with Crippen molar-refractivity contribution < 1.29 is 13.7 Å². The third-order valence-corrected chi connectivity index (χ3v) is 4.79.